The molecule has 0 spiro atoms. The molecule has 0 aliphatic heterocycles. The van der Waals surface area contributed by atoms with Crippen LogP contribution in [-0.2, 0) is 13.6 Å². The van der Waals surface area contributed by atoms with Crippen molar-refractivity contribution < 1.29 is 0 Å². The Labute approximate surface area is 120 Å². The fourth-order valence-electron chi connectivity index (χ4n) is 2.32. The van der Waals surface area contributed by atoms with Gasteiger partial charge < -0.3 is 15.5 Å². The van der Waals surface area contributed by atoms with Crippen molar-refractivity contribution in [3.05, 3.63) is 12.2 Å². The maximum Gasteiger partial charge on any atom is 0.191 e. The van der Waals surface area contributed by atoms with Crippen molar-refractivity contribution in [3.8, 4) is 0 Å². The molecule has 1 saturated carbocycles. The average Bonchev–Trinajstić information content (AvgIpc) is 3.16. The van der Waals surface area contributed by atoms with Crippen molar-refractivity contribution >= 4 is 5.96 Å². The number of likely N-dealkylation sites (N-methyl/N-ethyl adjacent to an activating group) is 1. The number of hydrogen-bond acceptors (Lipinski definition) is 4. The molecule has 7 heteroatoms. The molecule has 1 unspecified atom stereocenters. The summed E-state index contributed by atoms with van der Waals surface area (Å²) in [5.74, 6) is 2.52. The van der Waals surface area contributed by atoms with Gasteiger partial charge in [0, 0.05) is 26.7 Å². The van der Waals surface area contributed by atoms with Gasteiger partial charge in [0.05, 0.1) is 6.54 Å². The van der Waals surface area contributed by atoms with Crippen LogP contribution in [0.5, 0.6) is 0 Å². The summed E-state index contributed by atoms with van der Waals surface area (Å²) in [6, 6.07) is 0.573. The van der Waals surface area contributed by atoms with E-state index in [0.717, 1.165) is 24.2 Å². The molecular weight excluding hydrogens is 254 g/mol. The first-order valence-electron chi connectivity index (χ1n) is 7.05. The van der Waals surface area contributed by atoms with E-state index in [1.54, 1.807) is 18.1 Å². The molecule has 0 amide bonds. The second-order valence-corrected chi connectivity index (χ2v) is 5.47. The zero-order valence-corrected chi connectivity index (χ0v) is 12.8. The SMILES string of the molecule is CN=C(NCc1ncnn1C)NCC(C1CC1)N(C)C. The second-order valence-electron chi connectivity index (χ2n) is 5.47. The summed E-state index contributed by atoms with van der Waals surface area (Å²) in [5, 5.41) is 10.7. The lowest BCUT2D eigenvalue weighted by Gasteiger charge is -2.25. The van der Waals surface area contributed by atoms with Gasteiger partial charge in [0.25, 0.3) is 0 Å². The molecule has 20 heavy (non-hydrogen) atoms. The fraction of sp³-hybridized carbons (Fsp3) is 0.769. The van der Waals surface area contributed by atoms with Crippen LogP contribution in [0.2, 0.25) is 0 Å². The second kappa shape index (κ2) is 6.69. The molecular formula is C13H25N7. The maximum absolute atomic E-state index is 4.25. The molecule has 2 N–H and O–H groups in total. The minimum atomic E-state index is 0.573. The van der Waals surface area contributed by atoms with E-state index >= 15 is 0 Å². The predicted molar refractivity (Wildman–Crippen MR) is 79.4 cm³/mol. The Morgan fingerprint density at radius 1 is 1.50 bits per heavy atom. The van der Waals surface area contributed by atoms with Crippen LogP contribution in [0.25, 0.3) is 0 Å². The highest BCUT2D eigenvalue weighted by atomic mass is 15.3. The first-order valence-corrected chi connectivity index (χ1v) is 7.05. The molecule has 0 aromatic carbocycles. The molecule has 1 atom stereocenters. The molecule has 1 aromatic heterocycles. The van der Waals surface area contributed by atoms with Crippen molar-refractivity contribution in [2.75, 3.05) is 27.7 Å². The molecule has 1 fully saturated rings. The fourth-order valence-corrected chi connectivity index (χ4v) is 2.32. The number of nitrogens with one attached hydrogen (secondary N) is 2. The summed E-state index contributed by atoms with van der Waals surface area (Å²) in [6.07, 6.45) is 4.24. The minimum Gasteiger partial charge on any atom is -0.355 e. The third kappa shape index (κ3) is 3.93. The Bertz CT molecular complexity index is 445. The molecule has 1 aliphatic rings. The maximum atomic E-state index is 4.25. The normalized spacial score (nSPS) is 17.4. The average molecular weight is 279 g/mol. The minimum absolute atomic E-state index is 0.573. The highest BCUT2D eigenvalue weighted by Gasteiger charge is 2.32. The third-order valence-corrected chi connectivity index (χ3v) is 3.75. The molecule has 1 aliphatic carbocycles. The van der Waals surface area contributed by atoms with Crippen molar-refractivity contribution in [1.29, 1.82) is 0 Å². The first-order chi connectivity index (χ1) is 9.61. The molecule has 0 radical (unpaired) electrons. The number of aliphatic imine (C=N–C) groups is 1. The van der Waals surface area contributed by atoms with Gasteiger partial charge in [-0.2, -0.15) is 5.10 Å². The molecule has 1 heterocycles. The Morgan fingerprint density at radius 3 is 2.75 bits per heavy atom. The number of guanidine groups is 1. The van der Waals surface area contributed by atoms with Gasteiger partial charge in [0.15, 0.2) is 5.96 Å². The van der Waals surface area contributed by atoms with Crippen LogP contribution in [0.3, 0.4) is 0 Å². The molecule has 2 rings (SSSR count). The summed E-state index contributed by atoms with van der Waals surface area (Å²) in [6.45, 7) is 1.53. The number of hydrogen-bond donors (Lipinski definition) is 2. The van der Waals surface area contributed by atoms with Crippen LogP contribution >= 0.6 is 0 Å². The zero-order valence-electron chi connectivity index (χ0n) is 12.8. The van der Waals surface area contributed by atoms with Crippen LogP contribution in [-0.4, -0.2) is 59.4 Å². The Morgan fingerprint density at radius 2 is 2.25 bits per heavy atom. The van der Waals surface area contributed by atoms with Crippen molar-refractivity contribution in [2.24, 2.45) is 18.0 Å². The Hall–Kier alpha value is -1.63. The van der Waals surface area contributed by atoms with E-state index in [-0.39, 0.29) is 0 Å². The molecule has 0 bridgehead atoms. The topological polar surface area (TPSA) is 70.4 Å². The summed E-state index contributed by atoms with van der Waals surface area (Å²) < 4.78 is 1.76. The van der Waals surface area contributed by atoms with Crippen LogP contribution < -0.4 is 10.6 Å². The summed E-state index contributed by atoms with van der Waals surface area (Å²) in [4.78, 5) is 10.7. The van der Waals surface area contributed by atoms with E-state index in [2.05, 4.69) is 44.7 Å². The number of aryl methyl sites for hydroxylation is 1. The van der Waals surface area contributed by atoms with Crippen molar-refractivity contribution in [1.82, 2.24) is 30.3 Å². The van der Waals surface area contributed by atoms with Gasteiger partial charge in [-0.3, -0.25) is 9.67 Å². The number of aromatic nitrogens is 3. The van der Waals surface area contributed by atoms with Gasteiger partial charge in [0.1, 0.15) is 12.2 Å². The smallest absolute Gasteiger partial charge is 0.191 e. The van der Waals surface area contributed by atoms with Crippen molar-refractivity contribution in [3.63, 3.8) is 0 Å². The highest BCUT2D eigenvalue weighted by molar-refractivity contribution is 5.79. The summed E-state index contributed by atoms with van der Waals surface area (Å²) in [5.41, 5.74) is 0. The largest absolute Gasteiger partial charge is 0.355 e. The highest BCUT2D eigenvalue weighted by Crippen LogP contribution is 2.34. The number of rotatable bonds is 6. The lowest BCUT2D eigenvalue weighted by atomic mass is 10.1. The van der Waals surface area contributed by atoms with Gasteiger partial charge in [-0.1, -0.05) is 0 Å². The molecule has 0 saturated heterocycles. The zero-order chi connectivity index (χ0) is 14.5. The van der Waals surface area contributed by atoms with E-state index in [4.69, 9.17) is 0 Å². The quantitative estimate of drug-likeness (QED) is 0.558. The summed E-state index contributed by atoms with van der Waals surface area (Å²) >= 11 is 0. The Kier molecular flexibility index (Phi) is 4.94. The first kappa shape index (κ1) is 14.8. The third-order valence-electron chi connectivity index (χ3n) is 3.75. The Balaban J connectivity index is 1.79. The van der Waals surface area contributed by atoms with Gasteiger partial charge in [-0.15, -0.1) is 0 Å². The summed E-state index contributed by atoms with van der Waals surface area (Å²) in [7, 11) is 7.95. The van der Waals surface area contributed by atoms with E-state index in [0.29, 0.717) is 12.6 Å². The van der Waals surface area contributed by atoms with Gasteiger partial charge in [-0.25, -0.2) is 4.98 Å². The van der Waals surface area contributed by atoms with Gasteiger partial charge in [-0.05, 0) is 32.9 Å². The number of nitrogens with zero attached hydrogens (tertiary/aromatic N) is 5. The van der Waals surface area contributed by atoms with E-state index in [1.165, 1.54) is 12.8 Å². The molecule has 7 nitrogen and oxygen atoms in total. The molecule has 1 aromatic rings. The monoisotopic (exact) mass is 279 g/mol. The lowest BCUT2D eigenvalue weighted by molar-refractivity contribution is 0.264. The van der Waals surface area contributed by atoms with Crippen LogP contribution in [0.1, 0.15) is 18.7 Å². The predicted octanol–water partition coefficient (Wildman–Crippen LogP) is -0.180. The van der Waals surface area contributed by atoms with E-state index in [9.17, 15) is 0 Å². The van der Waals surface area contributed by atoms with Crippen molar-refractivity contribution in [2.45, 2.75) is 25.4 Å². The van der Waals surface area contributed by atoms with Gasteiger partial charge in [0.2, 0.25) is 0 Å². The van der Waals surface area contributed by atoms with E-state index < -0.39 is 0 Å². The standard InChI is InChI=1S/C13H25N7/c1-14-13(16-8-12-17-9-18-20(12)4)15-7-11(19(2)3)10-5-6-10/h9-11H,5-8H2,1-4H3,(H2,14,15,16). The lowest BCUT2D eigenvalue weighted by Crippen LogP contribution is -2.45. The van der Waals surface area contributed by atoms with Crippen LogP contribution in [0.4, 0.5) is 0 Å². The van der Waals surface area contributed by atoms with Crippen LogP contribution in [0, 0.1) is 5.92 Å². The van der Waals surface area contributed by atoms with E-state index in [1.807, 2.05) is 7.05 Å². The molecule has 112 valence electrons. The van der Waals surface area contributed by atoms with Gasteiger partial charge >= 0.3 is 0 Å². The van der Waals surface area contributed by atoms with Crippen LogP contribution in [0.15, 0.2) is 11.3 Å².